The fraction of sp³-hybridized carbons (Fsp3) is 0.567. The van der Waals surface area contributed by atoms with Crippen LogP contribution in [0.25, 0.3) is 11.3 Å². The van der Waals surface area contributed by atoms with Crippen molar-refractivity contribution in [1.82, 2.24) is 4.98 Å². The van der Waals surface area contributed by atoms with Gasteiger partial charge in [-0.25, -0.2) is 0 Å². The van der Waals surface area contributed by atoms with E-state index in [0.29, 0.717) is 0 Å². The highest BCUT2D eigenvalue weighted by molar-refractivity contribution is 5.59. The van der Waals surface area contributed by atoms with Crippen molar-refractivity contribution < 1.29 is 9.47 Å². The largest absolute Gasteiger partial charge is 0.492 e. The predicted octanol–water partition coefficient (Wildman–Crippen LogP) is 8.57. The summed E-state index contributed by atoms with van der Waals surface area (Å²) in [4.78, 5) is 4.61. The Morgan fingerprint density at radius 2 is 1.45 bits per heavy atom. The van der Waals surface area contributed by atoms with Gasteiger partial charge in [0.05, 0.1) is 18.5 Å². The molecule has 182 valence electrons. The normalized spacial score (nSPS) is 11.3. The Bertz CT molecular complexity index is 737. The molecule has 2 aromatic rings. The Labute approximate surface area is 202 Å². The second-order valence-electron chi connectivity index (χ2n) is 8.81. The van der Waals surface area contributed by atoms with Crippen molar-refractivity contribution in [1.29, 1.82) is 0 Å². The fourth-order valence-corrected chi connectivity index (χ4v) is 3.72. The van der Waals surface area contributed by atoms with Crippen molar-refractivity contribution in [2.24, 2.45) is 0 Å². The predicted molar refractivity (Wildman–Crippen MR) is 141 cm³/mol. The van der Waals surface area contributed by atoms with Gasteiger partial charge in [-0.2, -0.15) is 0 Å². The van der Waals surface area contributed by atoms with E-state index in [1.165, 1.54) is 56.9 Å². The highest BCUT2D eigenvalue weighted by Crippen LogP contribution is 2.21. The summed E-state index contributed by atoms with van der Waals surface area (Å²) in [5.41, 5.74) is 3.55. The maximum Gasteiger partial charge on any atom is 0.137 e. The van der Waals surface area contributed by atoms with E-state index in [0.717, 1.165) is 62.5 Å². The van der Waals surface area contributed by atoms with Crippen molar-refractivity contribution in [3.63, 3.8) is 0 Å². The first-order valence-corrected chi connectivity index (χ1v) is 13.2. The lowest BCUT2D eigenvalue weighted by Crippen LogP contribution is -1.98. The number of benzene rings is 1. The summed E-state index contributed by atoms with van der Waals surface area (Å²) < 4.78 is 11.4. The molecule has 0 saturated heterocycles. The average Bonchev–Trinajstić information content (AvgIpc) is 2.85. The number of rotatable bonds is 19. The zero-order valence-electron chi connectivity index (χ0n) is 21.1. The maximum absolute atomic E-state index is 5.87. The van der Waals surface area contributed by atoms with Gasteiger partial charge in [0.2, 0.25) is 0 Å². The van der Waals surface area contributed by atoms with Crippen molar-refractivity contribution >= 4 is 0 Å². The number of hydrogen-bond donors (Lipinski definition) is 0. The number of nitrogens with zero attached hydrogens (tertiary/aromatic N) is 1. The van der Waals surface area contributed by atoms with E-state index in [-0.39, 0.29) is 0 Å². The third kappa shape index (κ3) is 12.6. The molecule has 0 unspecified atom stereocenters. The van der Waals surface area contributed by atoms with Gasteiger partial charge in [-0.3, -0.25) is 4.98 Å². The number of hydrogen-bond acceptors (Lipinski definition) is 3. The Kier molecular flexibility index (Phi) is 15.0. The molecule has 33 heavy (non-hydrogen) atoms. The summed E-state index contributed by atoms with van der Waals surface area (Å²) in [5, 5.41) is 0. The molecule has 3 heteroatoms. The number of aromatic nitrogens is 1. The lowest BCUT2D eigenvalue weighted by Gasteiger charge is -2.08. The Balaban J connectivity index is 1.60. The summed E-state index contributed by atoms with van der Waals surface area (Å²) in [6.07, 6.45) is 20.9. The molecule has 1 heterocycles. The van der Waals surface area contributed by atoms with Crippen LogP contribution in [-0.4, -0.2) is 24.8 Å². The van der Waals surface area contributed by atoms with E-state index in [4.69, 9.17) is 9.47 Å². The van der Waals surface area contributed by atoms with E-state index in [2.05, 4.69) is 61.3 Å². The molecule has 0 spiro atoms. The van der Waals surface area contributed by atoms with Gasteiger partial charge in [-0.15, -0.1) is 0 Å². The van der Waals surface area contributed by atoms with Crippen molar-refractivity contribution in [3.05, 3.63) is 60.3 Å². The van der Waals surface area contributed by atoms with E-state index < -0.39 is 0 Å². The van der Waals surface area contributed by atoms with Crippen LogP contribution in [0.3, 0.4) is 0 Å². The van der Waals surface area contributed by atoms with Crippen LogP contribution in [0.4, 0.5) is 0 Å². The van der Waals surface area contributed by atoms with Crippen LogP contribution in [0.1, 0.15) is 90.0 Å². The molecular formula is C30H45NO2. The molecule has 3 nitrogen and oxygen atoms in total. The van der Waals surface area contributed by atoms with Gasteiger partial charge in [0, 0.05) is 18.8 Å². The van der Waals surface area contributed by atoms with Gasteiger partial charge in [-0.1, -0.05) is 69.5 Å². The number of pyridine rings is 1. The summed E-state index contributed by atoms with van der Waals surface area (Å²) in [6.45, 7) is 6.94. The van der Waals surface area contributed by atoms with E-state index in [1.54, 1.807) is 0 Å². The van der Waals surface area contributed by atoms with Crippen LogP contribution < -0.4 is 4.74 Å². The zero-order chi connectivity index (χ0) is 23.4. The lowest BCUT2D eigenvalue weighted by molar-refractivity contribution is 0.130. The summed E-state index contributed by atoms with van der Waals surface area (Å²) in [6, 6.07) is 12.9. The van der Waals surface area contributed by atoms with Crippen LogP contribution in [-0.2, 0) is 11.2 Å². The molecule has 0 atom stereocenters. The molecule has 0 aliphatic heterocycles. The van der Waals surface area contributed by atoms with Gasteiger partial charge in [0.1, 0.15) is 5.75 Å². The first-order valence-electron chi connectivity index (χ1n) is 13.2. The van der Waals surface area contributed by atoms with Gasteiger partial charge in [-0.05, 0) is 75.5 Å². The first-order chi connectivity index (χ1) is 16.3. The van der Waals surface area contributed by atoms with Crippen LogP contribution in [0.15, 0.2) is 54.7 Å². The minimum absolute atomic E-state index is 0.764. The van der Waals surface area contributed by atoms with E-state index >= 15 is 0 Å². The van der Waals surface area contributed by atoms with Crippen molar-refractivity contribution in [3.8, 4) is 17.0 Å². The number of aryl methyl sites for hydroxylation is 1. The van der Waals surface area contributed by atoms with Gasteiger partial charge in [0.15, 0.2) is 0 Å². The minimum atomic E-state index is 0.764. The summed E-state index contributed by atoms with van der Waals surface area (Å²) in [5.74, 6) is 0.859. The highest BCUT2D eigenvalue weighted by atomic mass is 16.5. The Morgan fingerprint density at radius 1 is 0.697 bits per heavy atom. The average molecular weight is 452 g/mol. The van der Waals surface area contributed by atoms with Gasteiger partial charge >= 0.3 is 0 Å². The Hall–Kier alpha value is -2.13. The van der Waals surface area contributed by atoms with Gasteiger partial charge in [0.25, 0.3) is 0 Å². The van der Waals surface area contributed by atoms with E-state index in [1.807, 2.05) is 12.3 Å². The smallest absolute Gasteiger partial charge is 0.137 e. The summed E-state index contributed by atoms with van der Waals surface area (Å²) >= 11 is 0. The standard InChI is InChI=1S/C30H45NO2/c1-3-5-6-7-8-9-10-11-15-25-33-29-21-22-30(31-26-29)28-19-17-27(18-20-28)16-13-12-14-24-32-23-4-2/h7-8,17-22,26H,3-6,9-16,23-25H2,1-2H3/b8-7+. The molecular weight excluding hydrogens is 406 g/mol. The SMILES string of the molecule is CCCC/C=C/CCCCCOc1ccc(-c2ccc(CCCCCOCCC)cc2)nc1. The van der Waals surface area contributed by atoms with Crippen LogP contribution in [0.5, 0.6) is 5.75 Å². The monoisotopic (exact) mass is 451 g/mol. The van der Waals surface area contributed by atoms with Crippen LogP contribution >= 0.6 is 0 Å². The van der Waals surface area contributed by atoms with Crippen LogP contribution in [0.2, 0.25) is 0 Å². The summed E-state index contributed by atoms with van der Waals surface area (Å²) in [7, 11) is 0. The molecule has 0 N–H and O–H groups in total. The second kappa shape index (κ2) is 18.3. The minimum Gasteiger partial charge on any atom is -0.492 e. The topological polar surface area (TPSA) is 31.4 Å². The quantitative estimate of drug-likeness (QED) is 0.158. The number of unbranched alkanes of at least 4 members (excludes halogenated alkanes) is 7. The molecule has 1 aromatic heterocycles. The molecule has 0 saturated carbocycles. The molecule has 0 amide bonds. The van der Waals surface area contributed by atoms with Crippen molar-refractivity contribution in [2.75, 3.05) is 19.8 Å². The van der Waals surface area contributed by atoms with Gasteiger partial charge < -0.3 is 9.47 Å². The molecule has 1 aromatic carbocycles. The van der Waals surface area contributed by atoms with E-state index in [9.17, 15) is 0 Å². The second-order valence-corrected chi connectivity index (χ2v) is 8.81. The number of ether oxygens (including phenoxy) is 2. The first kappa shape index (κ1) is 27.1. The maximum atomic E-state index is 5.87. The van der Waals surface area contributed by atoms with Crippen LogP contribution in [0, 0.1) is 0 Å². The molecule has 0 bridgehead atoms. The molecule has 2 rings (SSSR count). The zero-order valence-corrected chi connectivity index (χ0v) is 21.1. The molecule has 0 aliphatic carbocycles. The third-order valence-electron chi connectivity index (χ3n) is 5.76. The highest BCUT2D eigenvalue weighted by Gasteiger charge is 2.02. The molecule has 0 radical (unpaired) electrons. The Morgan fingerprint density at radius 3 is 2.18 bits per heavy atom. The molecule has 0 aliphatic rings. The van der Waals surface area contributed by atoms with Crippen molar-refractivity contribution in [2.45, 2.75) is 90.9 Å². The molecule has 0 fully saturated rings. The lowest BCUT2D eigenvalue weighted by atomic mass is 10.0. The fourth-order valence-electron chi connectivity index (χ4n) is 3.72. The third-order valence-corrected chi connectivity index (χ3v) is 5.76. The number of allylic oxidation sites excluding steroid dienone is 2.